The number of anilines is 1. The summed E-state index contributed by atoms with van der Waals surface area (Å²) in [6.07, 6.45) is 3.16. The summed E-state index contributed by atoms with van der Waals surface area (Å²) in [6, 6.07) is 10.0. The summed E-state index contributed by atoms with van der Waals surface area (Å²) >= 11 is 6.41. The first kappa shape index (κ1) is 16.4. The molecule has 3 heterocycles. The lowest BCUT2D eigenvalue weighted by Crippen LogP contribution is -2.39. The van der Waals surface area contributed by atoms with Gasteiger partial charge in [0, 0.05) is 41.0 Å². The zero-order chi connectivity index (χ0) is 17.6. The second-order valence-corrected chi connectivity index (χ2v) is 7.79. The van der Waals surface area contributed by atoms with Gasteiger partial charge in [0.15, 0.2) is 5.65 Å². The molecule has 1 aliphatic heterocycles. The first-order valence-electron chi connectivity index (χ1n) is 8.88. The highest BCUT2D eigenvalue weighted by atomic mass is 35.5. The Morgan fingerprint density at radius 1 is 1.08 bits per heavy atom. The van der Waals surface area contributed by atoms with Crippen molar-refractivity contribution in [3.05, 3.63) is 47.2 Å². The third-order valence-electron chi connectivity index (χ3n) is 4.94. The van der Waals surface area contributed by atoms with Crippen LogP contribution >= 0.6 is 11.6 Å². The average molecular weight is 355 g/mol. The molecule has 2 atom stereocenters. The van der Waals surface area contributed by atoms with Crippen molar-refractivity contribution in [3.63, 3.8) is 0 Å². The summed E-state index contributed by atoms with van der Waals surface area (Å²) in [5, 5.41) is 5.38. The zero-order valence-corrected chi connectivity index (χ0v) is 15.7. The third-order valence-corrected chi connectivity index (χ3v) is 5.27. The van der Waals surface area contributed by atoms with Gasteiger partial charge in [0.25, 0.3) is 0 Å². The summed E-state index contributed by atoms with van der Waals surface area (Å²) < 4.78 is 1.97. The number of halogens is 1. The van der Waals surface area contributed by atoms with E-state index >= 15 is 0 Å². The summed E-state index contributed by atoms with van der Waals surface area (Å²) in [7, 11) is 0. The van der Waals surface area contributed by atoms with Crippen molar-refractivity contribution in [2.24, 2.45) is 11.8 Å². The molecule has 130 valence electrons. The maximum absolute atomic E-state index is 6.41. The van der Waals surface area contributed by atoms with Gasteiger partial charge in [-0.15, -0.1) is 0 Å². The number of hydrogen-bond acceptors (Lipinski definition) is 3. The molecule has 2 aromatic heterocycles. The normalized spacial score (nSPS) is 21.0. The Morgan fingerprint density at radius 3 is 2.52 bits per heavy atom. The van der Waals surface area contributed by atoms with E-state index in [0.717, 1.165) is 46.4 Å². The fourth-order valence-corrected chi connectivity index (χ4v) is 4.25. The van der Waals surface area contributed by atoms with Crippen LogP contribution in [0, 0.1) is 18.8 Å². The lowest BCUT2D eigenvalue weighted by molar-refractivity contribution is 0.354. The minimum absolute atomic E-state index is 0.686. The minimum atomic E-state index is 0.686. The van der Waals surface area contributed by atoms with Crippen LogP contribution < -0.4 is 4.90 Å². The van der Waals surface area contributed by atoms with E-state index in [1.165, 1.54) is 6.42 Å². The molecule has 0 N–H and O–H groups in total. The van der Waals surface area contributed by atoms with Crippen LogP contribution in [-0.4, -0.2) is 27.7 Å². The van der Waals surface area contributed by atoms with E-state index in [1.54, 1.807) is 0 Å². The van der Waals surface area contributed by atoms with E-state index in [-0.39, 0.29) is 0 Å². The largest absolute Gasteiger partial charge is 0.356 e. The van der Waals surface area contributed by atoms with Gasteiger partial charge in [-0.2, -0.15) is 9.61 Å². The van der Waals surface area contributed by atoms with Crippen molar-refractivity contribution in [2.45, 2.75) is 27.2 Å². The fraction of sp³-hybridized carbons (Fsp3) is 0.400. The molecule has 0 unspecified atom stereocenters. The molecular formula is C20H23ClN4. The Kier molecular flexibility index (Phi) is 4.16. The smallest absolute Gasteiger partial charge is 0.165 e. The molecule has 1 fully saturated rings. The molecule has 0 radical (unpaired) electrons. The molecule has 4 rings (SSSR count). The Balaban J connectivity index is 1.86. The monoisotopic (exact) mass is 354 g/mol. The quantitative estimate of drug-likeness (QED) is 0.660. The van der Waals surface area contributed by atoms with Crippen LogP contribution in [0.2, 0.25) is 5.02 Å². The van der Waals surface area contributed by atoms with Crippen LogP contribution in [0.5, 0.6) is 0 Å². The van der Waals surface area contributed by atoms with Gasteiger partial charge in [0.05, 0.1) is 6.20 Å². The SMILES string of the molecule is Cc1cc(N2C[C@H](C)C[C@H](C)C2)n2ncc(-c3ccccc3Cl)c2n1. The Labute approximate surface area is 153 Å². The molecule has 1 aliphatic rings. The van der Waals surface area contributed by atoms with Crippen LogP contribution in [0.1, 0.15) is 26.0 Å². The average Bonchev–Trinajstić information content (AvgIpc) is 2.97. The highest BCUT2D eigenvalue weighted by Gasteiger charge is 2.25. The van der Waals surface area contributed by atoms with Gasteiger partial charge in [-0.3, -0.25) is 0 Å². The van der Waals surface area contributed by atoms with Gasteiger partial charge in [-0.1, -0.05) is 43.6 Å². The summed E-state index contributed by atoms with van der Waals surface area (Å²) in [5.41, 5.74) is 3.83. The van der Waals surface area contributed by atoms with Crippen LogP contribution in [0.25, 0.3) is 16.8 Å². The number of rotatable bonds is 2. The second-order valence-electron chi connectivity index (χ2n) is 7.38. The highest BCUT2D eigenvalue weighted by Crippen LogP contribution is 2.33. The summed E-state index contributed by atoms with van der Waals surface area (Å²) in [6.45, 7) is 8.82. The van der Waals surface area contributed by atoms with Gasteiger partial charge in [0.1, 0.15) is 5.82 Å². The molecule has 4 nitrogen and oxygen atoms in total. The maximum Gasteiger partial charge on any atom is 0.165 e. The van der Waals surface area contributed by atoms with Crippen LogP contribution in [0.15, 0.2) is 36.5 Å². The number of hydrogen-bond donors (Lipinski definition) is 0. The topological polar surface area (TPSA) is 33.4 Å². The van der Waals surface area contributed by atoms with E-state index in [0.29, 0.717) is 11.8 Å². The predicted molar refractivity (Wildman–Crippen MR) is 103 cm³/mol. The number of benzene rings is 1. The predicted octanol–water partition coefficient (Wildman–Crippen LogP) is 4.84. The van der Waals surface area contributed by atoms with E-state index in [4.69, 9.17) is 16.6 Å². The van der Waals surface area contributed by atoms with Gasteiger partial charge in [-0.25, -0.2) is 4.98 Å². The Morgan fingerprint density at radius 2 is 1.80 bits per heavy atom. The standard InChI is InChI=1S/C20H23ClN4/c1-13-8-14(2)12-24(11-13)19-9-15(3)23-20-17(10-22-25(19)20)16-6-4-5-7-18(16)21/h4-7,9-10,13-14H,8,11-12H2,1-3H3/t13-,14+. The molecule has 1 saturated heterocycles. The molecule has 1 aromatic carbocycles. The van der Waals surface area contributed by atoms with E-state index in [2.05, 4.69) is 29.9 Å². The van der Waals surface area contributed by atoms with E-state index < -0.39 is 0 Å². The molecule has 25 heavy (non-hydrogen) atoms. The molecule has 5 heteroatoms. The molecule has 0 bridgehead atoms. The van der Waals surface area contributed by atoms with Crippen LogP contribution in [-0.2, 0) is 0 Å². The third kappa shape index (κ3) is 2.99. The molecule has 0 amide bonds. The van der Waals surface area contributed by atoms with E-state index in [9.17, 15) is 0 Å². The van der Waals surface area contributed by atoms with Gasteiger partial charge in [-0.05, 0) is 31.2 Å². The maximum atomic E-state index is 6.41. The van der Waals surface area contributed by atoms with Gasteiger partial charge in [0.2, 0.25) is 0 Å². The fourth-order valence-electron chi connectivity index (χ4n) is 4.01. The zero-order valence-electron chi connectivity index (χ0n) is 14.9. The summed E-state index contributed by atoms with van der Waals surface area (Å²) in [4.78, 5) is 7.21. The molecule has 0 aliphatic carbocycles. The van der Waals surface area contributed by atoms with Crippen molar-refractivity contribution in [3.8, 4) is 11.1 Å². The number of fused-ring (bicyclic) bond motifs is 1. The number of piperidine rings is 1. The summed E-state index contributed by atoms with van der Waals surface area (Å²) in [5.74, 6) is 2.50. The number of nitrogens with zero attached hydrogens (tertiary/aromatic N) is 4. The molecular weight excluding hydrogens is 332 g/mol. The molecule has 0 spiro atoms. The first-order chi connectivity index (χ1) is 12.0. The van der Waals surface area contributed by atoms with Gasteiger partial charge < -0.3 is 4.90 Å². The Hall–Kier alpha value is -2.07. The Bertz CT molecular complexity index is 907. The molecule has 3 aromatic rings. The first-order valence-corrected chi connectivity index (χ1v) is 9.26. The van der Waals surface area contributed by atoms with Crippen molar-refractivity contribution in [1.82, 2.24) is 14.6 Å². The van der Waals surface area contributed by atoms with Crippen LogP contribution in [0.4, 0.5) is 5.82 Å². The number of aromatic nitrogens is 3. The number of aryl methyl sites for hydroxylation is 1. The van der Waals surface area contributed by atoms with Crippen LogP contribution in [0.3, 0.4) is 0 Å². The lowest BCUT2D eigenvalue weighted by atomic mass is 9.92. The van der Waals surface area contributed by atoms with Crippen molar-refractivity contribution in [1.29, 1.82) is 0 Å². The highest BCUT2D eigenvalue weighted by molar-refractivity contribution is 6.33. The van der Waals surface area contributed by atoms with Crippen molar-refractivity contribution >= 4 is 23.1 Å². The van der Waals surface area contributed by atoms with Crippen molar-refractivity contribution in [2.75, 3.05) is 18.0 Å². The van der Waals surface area contributed by atoms with E-state index in [1.807, 2.05) is 41.9 Å². The van der Waals surface area contributed by atoms with Crippen molar-refractivity contribution < 1.29 is 0 Å². The minimum Gasteiger partial charge on any atom is -0.356 e. The second kappa shape index (κ2) is 6.34. The lowest BCUT2D eigenvalue weighted by Gasteiger charge is -2.36. The molecule has 0 saturated carbocycles. The van der Waals surface area contributed by atoms with Gasteiger partial charge >= 0.3 is 0 Å².